The molecule has 0 unspecified atom stereocenters. The maximum absolute atomic E-state index is 13.2. The van der Waals surface area contributed by atoms with Crippen LogP contribution in [-0.4, -0.2) is 42.7 Å². The highest BCUT2D eigenvalue weighted by Crippen LogP contribution is 2.39. The average Bonchev–Trinajstić information content (AvgIpc) is 3.61. The van der Waals surface area contributed by atoms with E-state index in [1.165, 1.54) is 21.4 Å². The molecule has 172 valence electrons. The number of nitrogens with zero attached hydrogens (tertiary/aromatic N) is 3. The van der Waals surface area contributed by atoms with Gasteiger partial charge >= 0.3 is 0 Å². The number of carbonyl (C=O) groups is 2. The monoisotopic (exact) mass is 441 g/mol. The van der Waals surface area contributed by atoms with Gasteiger partial charge in [-0.1, -0.05) is 13.8 Å². The number of hydrogen-bond donors (Lipinski definition) is 3. The fourth-order valence-corrected chi connectivity index (χ4v) is 3.98. The van der Waals surface area contributed by atoms with Gasteiger partial charge in [-0.05, 0) is 57.4 Å². The molecule has 2 amide bonds. The standard InChI is InChI=1S/C23H31N5O4/c1-13(2)12-27-20-14(5-10-17(29)26-23(3,4)15-6-7-15)11-24-28(20)22(32)18(21(27)31)19(30)25-16-8-9-16/h5,10-11,13,15-16,32H,6-9,12H2,1-4H3,(H,25,30)(H,26,29)/b10-5+. The van der Waals surface area contributed by atoms with Gasteiger partial charge < -0.3 is 15.7 Å². The van der Waals surface area contributed by atoms with Crippen molar-refractivity contribution in [1.82, 2.24) is 24.8 Å². The Labute approximate surface area is 186 Å². The Bertz CT molecular complexity index is 1150. The number of carbonyl (C=O) groups excluding carboxylic acids is 2. The van der Waals surface area contributed by atoms with Gasteiger partial charge in [0, 0.05) is 29.8 Å². The van der Waals surface area contributed by atoms with Crippen LogP contribution >= 0.6 is 0 Å². The summed E-state index contributed by atoms with van der Waals surface area (Å²) in [5, 5.41) is 20.7. The molecular formula is C23H31N5O4. The maximum atomic E-state index is 13.2. The smallest absolute Gasteiger partial charge is 0.270 e. The molecule has 0 aliphatic heterocycles. The number of aromatic nitrogens is 3. The minimum atomic E-state index is -0.594. The summed E-state index contributed by atoms with van der Waals surface area (Å²) >= 11 is 0. The van der Waals surface area contributed by atoms with Crippen LogP contribution in [0.4, 0.5) is 0 Å². The highest BCUT2D eigenvalue weighted by Gasteiger charge is 2.38. The van der Waals surface area contributed by atoms with Crippen LogP contribution in [0.25, 0.3) is 11.7 Å². The first-order valence-electron chi connectivity index (χ1n) is 11.2. The molecule has 0 bridgehead atoms. The fraction of sp³-hybridized carbons (Fsp3) is 0.565. The molecule has 9 heteroatoms. The zero-order valence-corrected chi connectivity index (χ0v) is 19.0. The second kappa shape index (κ2) is 8.11. The number of fused-ring (bicyclic) bond motifs is 1. The number of rotatable bonds is 8. The topological polar surface area (TPSA) is 118 Å². The highest BCUT2D eigenvalue weighted by atomic mass is 16.3. The molecule has 0 aromatic carbocycles. The van der Waals surface area contributed by atoms with Gasteiger partial charge in [-0.3, -0.25) is 19.0 Å². The third-order valence-corrected chi connectivity index (χ3v) is 6.05. The molecule has 0 atom stereocenters. The van der Waals surface area contributed by atoms with E-state index in [-0.39, 0.29) is 29.0 Å². The van der Waals surface area contributed by atoms with Gasteiger partial charge in [0.15, 0.2) is 5.56 Å². The van der Waals surface area contributed by atoms with Crippen LogP contribution in [0.15, 0.2) is 17.1 Å². The predicted molar refractivity (Wildman–Crippen MR) is 120 cm³/mol. The van der Waals surface area contributed by atoms with Crippen molar-refractivity contribution >= 4 is 23.5 Å². The van der Waals surface area contributed by atoms with Crippen molar-refractivity contribution in [3.63, 3.8) is 0 Å². The third kappa shape index (κ3) is 4.42. The van der Waals surface area contributed by atoms with Gasteiger partial charge in [-0.25, -0.2) is 0 Å². The summed E-state index contributed by atoms with van der Waals surface area (Å²) in [6.45, 7) is 8.27. The summed E-state index contributed by atoms with van der Waals surface area (Å²) in [6, 6.07) is 0.0464. The molecule has 2 heterocycles. The molecule has 3 N–H and O–H groups in total. The zero-order chi connectivity index (χ0) is 23.2. The van der Waals surface area contributed by atoms with Gasteiger partial charge in [0.25, 0.3) is 11.5 Å². The lowest BCUT2D eigenvalue weighted by Gasteiger charge is -2.25. The summed E-state index contributed by atoms with van der Waals surface area (Å²) in [7, 11) is 0. The van der Waals surface area contributed by atoms with Crippen LogP contribution in [0.5, 0.6) is 5.88 Å². The van der Waals surface area contributed by atoms with Gasteiger partial charge in [0.1, 0.15) is 5.65 Å². The van der Waals surface area contributed by atoms with E-state index in [1.54, 1.807) is 6.08 Å². The molecular weight excluding hydrogens is 410 g/mol. The zero-order valence-electron chi connectivity index (χ0n) is 19.0. The minimum absolute atomic E-state index is 0.0464. The largest absolute Gasteiger partial charge is 0.492 e. The Hall–Kier alpha value is -3.10. The molecule has 9 nitrogen and oxygen atoms in total. The van der Waals surface area contributed by atoms with Crippen molar-refractivity contribution in [3.05, 3.63) is 33.8 Å². The van der Waals surface area contributed by atoms with Crippen molar-refractivity contribution in [1.29, 1.82) is 0 Å². The SMILES string of the molecule is CC(C)Cn1c(=O)c(C(=O)NC2CC2)c(O)n2ncc(/C=C/C(=O)NC(C)(C)C3CC3)c12. The van der Waals surface area contributed by atoms with Crippen molar-refractivity contribution in [2.45, 2.75) is 71.5 Å². The second-order valence-corrected chi connectivity index (χ2v) is 9.91. The van der Waals surface area contributed by atoms with Crippen LogP contribution in [0.1, 0.15) is 69.3 Å². The Balaban J connectivity index is 1.72. The normalized spacial score (nSPS) is 16.8. The van der Waals surface area contributed by atoms with Gasteiger partial charge in [-0.15, -0.1) is 0 Å². The van der Waals surface area contributed by atoms with E-state index in [4.69, 9.17) is 0 Å². The summed E-state index contributed by atoms with van der Waals surface area (Å²) in [5.74, 6) is -0.727. The summed E-state index contributed by atoms with van der Waals surface area (Å²) in [6.07, 6.45) is 8.43. The predicted octanol–water partition coefficient (Wildman–Crippen LogP) is 2.07. The Morgan fingerprint density at radius 3 is 2.56 bits per heavy atom. The molecule has 2 aliphatic rings. The number of amides is 2. The van der Waals surface area contributed by atoms with E-state index in [1.807, 2.05) is 27.7 Å². The first-order chi connectivity index (χ1) is 15.1. The van der Waals surface area contributed by atoms with Gasteiger partial charge in [0.2, 0.25) is 11.8 Å². The van der Waals surface area contributed by atoms with Crippen molar-refractivity contribution in [2.24, 2.45) is 11.8 Å². The Morgan fingerprint density at radius 2 is 1.97 bits per heavy atom. The average molecular weight is 442 g/mol. The van der Waals surface area contributed by atoms with Crippen LogP contribution in [0.2, 0.25) is 0 Å². The number of nitrogens with one attached hydrogen (secondary N) is 2. The highest BCUT2D eigenvalue weighted by molar-refractivity contribution is 5.97. The lowest BCUT2D eigenvalue weighted by atomic mass is 9.99. The van der Waals surface area contributed by atoms with Gasteiger partial charge in [-0.2, -0.15) is 9.61 Å². The lowest BCUT2D eigenvalue weighted by Crippen LogP contribution is -2.44. The first-order valence-corrected chi connectivity index (χ1v) is 11.2. The van der Waals surface area contributed by atoms with Crippen LogP contribution in [0, 0.1) is 11.8 Å². The molecule has 0 saturated heterocycles. The molecule has 2 aromatic heterocycles. The molecule has 32 heavy (non-hydrogen) atoms. The number of hydrogen-bond acceptors (Lipinski definition) is 5. The fourth-order valence-electron chi connectivity index (χ4n) is 3.98. The van der Waals surface area contributed by atoms with Crippen molar-refractivity contribution in [2.75, 3.05) is 0 Å². The Kier molecular flexibility index (Phi) is 5.60. The molecule has 0 radical (unpaired) electrons. The van der Waals surface area contributed by atoms with E-state index in [0.29, 0.717) is 23.7 Å². The minimum Gasteiger partial charge on any atom is -0.492 e. The third-order valence-electron chi connectivity index (χ3n) is 6.05. The van der Waals surface area contributed by atoms with Crippen LogP contribution in [0.3, 0.4) is 0 Å². The van der Waals surface area contributed by atoms with E-state index in [2.05, 4.69) is 15.7 Å². The second-order valence-electron chi connectivity index (χ2n) is 9.91. The first kappa shape index (κ1) is 22.1. The molecule has 2 aromatic rings. The molecule has 4 rings (SSSR count). The summed E-state index contributed by atoms with van der Waals surface area (Å²) in [5.41, 5.74) is -0.310. The van der Waals surface area contributed by atoms with Crippen LogP contribution < -0.4 is 16.2 Å². The maximum Gasteiger partial charge on any atom is 0.270 e. The van der Waals surface area contributed by atoms with Crippen molar-refractivity contribution < 1.29 is 14.7 Å². The summed E-state index contributed by atoms with van der Waals surface area (Å²) < 4.78 is 2.64. The molecule has 2 aliphatic carbocycles. The Morgan fingerprint density at radius 1 is 1.28 bits per heavy atom. The van der Waals surface area contributed by atoms with Gasteiger partial charge in [0.05, 0.1) is 6.20 Å². The lowest BCUT2D eigenvalue weighted by molar-refractivity contribution is -0.118. The molecule has 2 saturated carbocycles. The quantitative estimate of drug-likeness (QED) is 0.542. The van der Waals surface area contributed by atoms with E-state index < -0.39 is 17.3 Å². The van der Waals surface area contributed by atoms with Crippen LogP contribution in [-0.2, 0) is 11.3 Å². The molecule has 2 fully saturated rings. The van der Waals surface area contributed by atoms with Crippen molar-refractivity contribution in [3.8, 4) is 5.88 Å². The molecule has 0 spiro atoms. The van der Waals surface area contributed by atoms with E-state index in [0.717, 1.165) is 25.7 Å². The number of aromatic hydroxyl groups is 1. The summed E-state index contributed by atoms with van der Waals surface area (Å²) in [4.78, 5) is 38.4. The van der Waals surface area contributed by atoms with E-state index in [9.17, 15) is 19.5 Å². The van der Waals surface area contributed by atoms with E-state index >= 15 is 0 Å².